The van der Waals surface area contributed by atoms with Gasteiger partial charge in [0.15, 0.2) is 6.29 Å². The Labute approximate surface area is 110 Å². The molecule has 0 atom stereocenters. The topological polar surface area (TPSA) is 54.9 Å². The smallest absolute Gasteiger partial charge is 0.156 e. The van der Waals surface area contributed by atoms with E-state index >= 15 is 0 Å². The summed E-state index contributed by atoms with van der Waals surface area (Å²) in [6.45, 7) is 4.01. The number of nitrogens with zero attached hydrogens (tertiary/aromatic N) is 2. The fourth-order valence-corrected chi connectivity index (χ4v) is 1.84. The minimum atomic E-state index is 0.146. The number of hydrogen-bond acceptors (Lipinski definition) is 4. The zero-order chi connectivity index (χ0) is 13.1. The highest BCUT2D eigenvalue weighted by Crippen LogP contribution is 2.24. The molecule has 1 aromatic heterocycles. The lowest BCUT2D eigenvalue weighted by atomic mass is 10.1. The Hall–Kier alpha value is -1.94. The third kappa shape index (κ3) is 2.49. The van der Waals surface area contributed by atoms with Gasteiger partial charge in [0.05, 0.1) is 5.56 Å². The summed E-state index contributed by atoms with van der Waals surface area (Å²) in [5.74, 6) is 0.414. The van der Waals surface area contributed by atoms with Gasteiger partial charge in [-0.1, -0.05) is 29.3 Å². The normalized spacial score (nSPS) is 10.2. The highest BCUT2D eigenvalue weighted by atomic mass is 35.5. The number of benzene rings is 1. The van der Waals surface area contributed by atoms with E-state index in [0.29, 0.717) is 12.1 Å². The summed E-state index contributed by atoms with van der Waals surface area (Å²) in [6.07, 6.45) is 1.97. The number of aldehydes is 1. The fourth-order valence-electron chi connectivity index (χ4n) is 1.66. The molecule has 0 saturated carbocycles. The van der Waals surface area contributed by atoms with Crippen LogP contribution in [-0.2, 0) is 0 Å². The number of rotatable bonds is 3. The molecule has 1 N–H and O–H groups in total. The third-order valence-electron chi connectivity index (χ3n) is 2.59. The molecule has 5 heteroatoms. The first-order valence-electron chi connectivity index (χ1n) is 5.42. The number of aryl methyl sites for hydroxylation is 2. The zero-order valence-electron chi connectivity index (χ0n) is 10.1. The van der Waals surface area contributed by atoms with Crippen LogP contribution in [0.5, 0.6) is 0 Å². The van der Waals surface area contributed by atoms with Crippen molar-refractivity contribution in [1.29, 1.82) is 0 Å². The van der Waals surface area contributed by atoms with Crippen molar-refractivity contribution in [2.45, 2.75) is 13.8 Å². The van der Waals surface area contributed by atoms with Crippen LogP contribution in [-0.4, -0.2) is 16.3 Å². The molecular weight excluding hydrogens is 250 g/mol. The van der Waals surface area contributed by atoms with E-state index in [9.17, 15) is 4.79 Å². The van der Waals surface area contributed by atoms with Crippen LogP contribution in [0.25, 0.3) is 0 Å². The summed E-state index contributed by atoms with van der Waals surface area (Å²) < 4.78 is 0. The third-order valence-corrected chi connectivity index (χ3v) is 2.89. The van der Waals surface area contributed by atoms with E-state index in [1.54, 1.807) is 0 Å². The molecule has 0 radical (unpaired) electrons. The first-order valence-corrected chi connectivity index (χ1v) is 5.79. The van der Waals surface area contributed by atoms with E-state index in [2.05, 4.69) is 15.3 Å². The number of carbonyl (C=O) groups is 1. The quantitative estimate of drug-likeness (QED) is 0.680. The van der Waals surface area contributed by atoms with Crippen LogP contribution in [0.4, 0.5) is 11.5 Å². The van der Waals surface area contributed by atoms with Crippen molar-refractivity contribution < 1.29 is 4.79 Å². The van der Waals surface area contributed by atoms with Gasteiger partial charge in [0.2, 0.25) is 0 Å². The van der Waals surface area contributed by atoms with Crippen molar-refractivity contribution in [2.24, 2.45) is 0 Å². The molecule has 0 fully saturated rings. The average molecular weight is 262 g/mol. The molecule has 18 heavy (non-hydrogen) atoms. The molecule has 1 heterocycles. The van der Waals surface area contributed by atoms with E-state index in [4.69, 9.17) is 11.6 Å². The van der Waals surface area contributed by atoms with E-state index in [0.717, 1.165) is 11.3 Å². The molecule has 0 aliphatic rings. The van der Waals surface area contributed by atoms with E-state index in [1.807, 2.05) is 32.0 Å². The van der Waals surface area contributed by atoms with Gasteiger partial charge in [0, 0.05) is 5.69 Å². The molecule has 2 rings (SSSR count). The lowest BCUT2D eigenvalue weighted by Gasteiger charge is -2.11. The van der Waals surface area contributed by atoms with Crippen LogP contribution in [0.2, 0.25) is 5.15 Å². The summed E-state index contributed by atoms with van der Waals surface area (Å²) in [5, 5.41) is 3.24. The minimum absolute atomic E-state index is 0.146. The first-order chi connectivity index (χ1) is 8.61. The van der Waals surface area contributed by atoms with E-state index < -0.39 is 0 Å². The summed E-state index contributed by atoms with van der Waals surface area (Å²) in [4.78, 5) is 18.8. The van der Waals surface area contributed by atoms with Gasteiger partial charge in [-0.15, -0.1) is 0 Å². The van der Waals surface area contributed by atoms with Gasteiger partial charge in [-0.2, -0.15) is 0 Å². The number of aromatic nitrogens is 2. The molecule has 92 valence electrons. The summed E-state index contributed by atoms with van der Waals surface area (Å²) in [7, 11) is 0. The van der Waals surface area contributed by atoms with Crippen LogP contribution in [0.3, 0.4) is 0 Å². The second-order valence-corrected chi connectivity index (χ2v) is 4.35. The largest absolute Gasteiger partial charge is 0.339 e. The second-order valence-electron chi connectivity index (χ2n) is 3.99. The predicted octanol–water partition coefficient (Wildman–Crippen LogP) is 3.30. The molecule has 4 nitrogen and oxygen atoms in total. The van der Waals surface area contributed by atoms with Crippen molar-refractivity contribution >= 4 is 29.4 Å². The molecule has 0 aliphatic carbocycles. The Kier molecular flexibility index (Phi) is 3.58. The van der Waals surface area contributed by atoms with Crippen LogP contribution in [0.1, 0.15) is 21.5 Å². The van der Waals surface area contributed by atoms with E-state index in [1.165, 1.54) is 11.9 Å². The monoisotopic (exact) mass is 261 g/mol. The number of anilines is 2. The molecule has 1 aromatic carbocycles. The standard InChI is InChI=1S/C13H12ClN3O/c1-8-3-4-11(9(2)5-8)17-13-10(6-18)12(14)15-7-16-13/h3-7H,1-2H3,(H,15,16,17). The maximum atomic E-state index is 11.0. The Morgan fingerprint density at radius 3 is 2.72 bits per heavy atom. The van der Waals surface area contributed by atoms with Crippen molar-refractivity contribution in [3.8, 4) is 0 Å². The zero-order valence-corrected chi connectivity index (χ0v) is 10.8. The Morgan fingerprint density at radius 2 is 2.06 bits per heavy atom. The van der Waals surface area contributed by atoms with Gasteiger partial charge in [-0.3, -0.25) is 4.79 Å². The highest BCUT2D eigenvalue weighted by molar-refractivity contribution is 6.32. The molecule has 2 aromatic rings. The molecule has 0 amide bonds. The number of carbonyl (C=O) groups excluding carboxylic acids is 1. The van der Waals surface area contributed by atoms with E-state index in [-0.39, 0.29) is 10.7 Å². The van der Waals surface area contributed by atoms with Gasteiger partial charge in [0.25, 0.3) is 0 Å². The minimum Gasteiger partial charge on any atom is -0.339 e. The van der Waals surface area contributed by atoms with Crippen molar-refractivity contribution in [3.05, 3.63) is 46.4 Å². The molecular formula is C13H12ClN3O. The van der Waals surface area contributed by atoms with Gasteiger partial charge >= 0.3 is 0 Å². The van der Waals surface area contributed by atoms with Crippen LogP contribution < -0.4 is 5.32 Å². The molecule has 0 spiro atoms. The molecule has 0 bridgehead atoms. The first kappa shape index (κ1) is 12.5. The molecule has 0 aliphatic heterocycles. The second kappa shape index (κ2) is 5.14. The number of hydrogen-bond donors (Lipinski definition) is 1. The summed E-state index contributed by atoms with van der Waals surface area (Å²) in [6, 6.07) is 5.97. The van der Waals surface area contributed by atoms with Crippen molar-refractivity contribution in [3.63, 3.8) is 0 Å². The average Bonchev–Trinajstić information content (AvgIpc) is 2.33. The van der Waals surface area contributed by atoms with Crippen molar-refractivity contribution in [2.75, 3.05) is 5.32 Å². The molecule has 0 saturated heterocycles. The maximum Gasteiger partial charge on any atom is 0.156 e. The van der Waals surface area contributed by atoms with Gasteiger partial charge < -0.3 is 5.32 Å². The number of halogens is 1. The SMILES string of the molecule is Cc1ccc(Nc2ncnc(Cl)c2C=O)c(C)c1. The maximum absolute atomic E-state index is 11.0. The predicted molar refractivity (Wildman–Crippen MR) is 71.6 cm³/mol. The lowest BCUT2D eigenvalue weighted by Crippen LogP contribution is -2.01. The lowest BCUT2D eigenvalue weighted by molar-refractivity contribution is 0.112. The molecule has 0 unspecified atom stereocenters. The van der Waals surface area contributed by atoms with Gasteiger partial charge in [-0.25, -0.2) is 9.97 Å². The Morgan fingerprint density at radius 1 is 1.28 bits per heavy atom. The van der Waals surface area contributed by atoms with Crippen LogP contribution >= 0.6 is 11.6 Å². The van der Waals surface area contributed by atoms with Crippen molar-refractivity contribution in [1.82, 2.24) is 9.97 Å². The fraction of sp³-hybridized carbons (Fsp3) is 0.154. The Balaban J connectivity index is 2.40. The van der Waals surface area contributed by atoms with Gasteiger partial charge in [-0.05, 0) is 25.5 Å². The van der Waals surface area contributed by atoms with Gasteiger partial charge in [0.1, 0.15) is 17.3 Å². The summed E-state index contributed by atoms with van der Waals surface area (Å²) >= 11 is 5.84. The number of nitrogens with one attached hydrogen (secondary N) is 1. The van der Waals surface area contributed by atoms with Crippen LogP contribution in [0.15, 0.2) is 24.5 Å². The highest BCUT2D eigenvalue weighted by Gasteiger charge is 2.09. The Bertz CT molecular complexity index is 599. The summed E-state index contributed by atoms with van der Waals surface area (Å²) in [5.41, 5.74) is 3.40. The van der Waals surface area contributed by atoms with Crippen LogP contribution in [0, 0.1) is 13.8 Å².